The van der Waals surface area contributed by atoms with Gasteiger partial charge in [-0.1, -0.05) is 64.8 Å². The Labute approximate surface area is 334 Å². The zero-order valence-electron chi connectivity index (χ0n) is 30.3. The maximum atomic E-state index is 12.8. The van der Waals surface area contributed by atoms with Crippen molar-refractivity contribution in [1.82, 2.24) is 35.6 Å². The summed E-state index contributed by atoms with van der Waals surface area (Å²) in [6.45, 7) is 0.676. The molecule has 294 valence electrons. The Bertz CT molecular complexity index is 2150. The molecule has 3 aromatic heterocycles. The highest BCUT2D eigenvalue weighted by atomic mass is 33.1. The summed E-state index contributed by atoms with van der Waals surface area (Å²) in [5.74, 6) is -0.520. The van der Waals surface area contributed by atoms with E-state index in [1.165, 1.54) is 29.7 Å². The van der Waals surface area contributed by atoms with E-state index in [-0.39, 0.29) is 53.9 Å². The third kappa shape index (κ3) is 13.3. The van der Waals surface area contributed by atoms with Gasteiger partial charge in [-0.3, -0.25) is 24.2 Å². The van der Waals surface area contributed by atoms with Crippen molar-refractivity contribution in [2.45, 2.75) is 57.5 Å². The predicted octanol–water partition coefficient (Wildman–Crippen LogP) is 5.08. The zero-order valence-corrected chi connectivity index (χ0v) is 32.7. The highest BCUT2D eigenvalue weighted by Gasteiger charge is 2.22. The molecule has 3 amide bonds. The Hall–Kier alpha value is -5.53. The minimum atomic E-state index is -1.24. The standard InChI is InChI=1S/C37H42N10O6S3/c38-36-46-32-31(34(51)47-36)42-26(21-41-32)20-40-25-13-11-24(12-14-25)33(50)43-27(35(52)53)15-16-29(48)39-17-19-56-55-18-7-2-1-6-10-30(49)45-37-44-28(22-54-37)23-8-4-3-5-9-23/h3-5,8-9,11-14,21-22,27,40H,1-2,6-7,10,15-20H2,(H,39,48)(H,43,50)(H,52,53)(H,44,45,49)(H3,38,41,46,47,51)/t27-/m0/s1. The van der Waals surface area contributed by atoms with Crippen LogP contribution in [0.15, 0.2) is 71.0 Å². The van der Waals surface area contributed by atoms with Crippen LogP contribution in [0.3, 0.4) is 0 Å². The van der Waals surface area contributed by atoms with Gasteiger partial charge in [-0.15, -0.1) is 11.3 Å². The first-order chi connectivity index (χ1) is 27.1. The van der Waals surface area contributed by atoms with Crippen molar-refractivity contribution in [3.8, 4) is 11.3 Å². The Balaban J connectivity index is 0.884. The molecule has 2 aromatic carbocycles. The van der Waals surface area contributed by atoms with E-state index in [2.05, 4.69) is 46.2 Å². The average Bonchev–Trinajstić information content (AvgIpc) is 3.66. The van der Waals surface area contributed by atoms with Crippen molar-refractivity contribution in [1.29, 1.82) is 0 Å². The van der Waals surface area contributed by atoms with Crippen LogP contribution < -0.4 is 32.6 Å². The molecular weight excluding hydrogens is 777 g/mol. The summed E-state index contributed by atoms with van der Waals surface area (Å²) < 4.78 is 0. The third-order valence-corrected chi connectivity index (χ3v) is 11.4. The number of nitrogens with one attached hydrogen (secondary N) is 5. The average molecular weight is 819 g/mol. The van der Waals surface area contributed by atoms with Crippen molar-refractivity contribution in [2.24, 2.45) is 0 Å². The van der Waals surface area contributed by atoms with E-state index < -0.39 is 23.5 Å². The van der Waals surface area contributed by atoms with Crippen molar-refractivity contribution < 1.29 is 24.3 Å². The van der Waals surface area contributed by atoms with E-state index in [0.717, 1.165) is 42.7 Å². The molecule has 0 radical (unpaired) electrons. The van der Waals surface area contributed by atoms with Crippen LogP contribution in [0.5, 0.6) is 0 Å². The van der Waals surface area contributed by atoms with Gasteiger partial charge in [0, 0.05) is 53.1 Å². The summed E-state index contributed by atoms with van der Waals surface area (Å²) in [7, 11) is 3.39. The van der Waals surface area contributed by atoms with Crippen LogP contribution in [0.2, 0.25) is 0 Å². The number of nitrogens with two attached hydrogens (primary N) is 1. The molecule has 19 heteroatoms. The van der Waals surface area contributed by atoms with Crippen LogP contribution >= 0.6 is 32.9 Å². The largest absolute Gasteiger partial charge is 0.480 e. The van der Waals surface area contributed by atoms with Gasteiger partial charge >= 0.3 is 5.97 Å². The first kappa shape index (κ1) is 41.6. The van der Waals surface area contributed by atoms with Crippen molar-refractivity contribution >= 4 is 84.5 Å². The van der Waals surface area contributed by atoms with Crippen LogP contribution in [0.4, 0.5) is 16.8 Å². The Kier molecular flexibility index (Phi) is 16.0. The number of anilines is 3. The summed E-state index contributed by atoms with van der Waals surface area (Å²) in [6.07, 6.45) is 5.65. The fourth-order valence-electron chi connectivity index (χ4n) is 5.26. The molecule has 0 saturated heterocycles. The number of aromatic nitrogens is 5. The lowest BCUT2D eigenvalue weighted by Gasteiger charge is -2.15. The minimum Gasteiger partial charge on any atom is -0.480 e. The molecule has 56 heavy (non-hydrogen) atoms. The quantitative estimate of drug-likeness (QED) is 0.0356. The molecule has 5 aromatic rings. The second-order valence-corrected chi connectivity index (χ2v) is 16.0. The number of carboxylic acid groups (broad SMARTS) is 1. The number of nitrogens with zero attached hydrogens (tertiary/aromatic N) is 4. The first-order valence-corrected chi connectivity index (χ1v) is 21.2. The monoisotopic (exact) mass is 818 g/mol. The van der Waals surface area contributed by atoms with E-state index in [9.17, 15) is 29.1 Å². The molecule has 0 aliphatic rings. The van der Waals surface area contributed by atoms with Crippen LogP contribution in [-0.4, -0.2) is 77.8 Å². The van der Waals surface area contributed by atoms with Crippen molar-refractivity contribution in [3.05, 3.63) is 87.8 Å². The third-order valence-electron chi connectivity index (χ3n) is 8.16. The van der Waals surface area contributed by atoms with Gasteiger partial charge in [0.15, 0.2) is 16.3 Å². The normalized spacial score (nSPS) is 11.5. The number of hydrogen-bond donors (Lipinski definition) is 7. The van der Waals surface area contributed by atoms with Crippen LogP contribution in [-0.2, 0) is 20.9 Å². The second-order valence-electron chi connectivity index (χ2n) is 12.4. The van der Waals surface area contributed by atoms with Gasteiger partial charge in [0.2, 0.25) is 17.8 Å². The molecule has 0 spiro atoms. The number of rotatable bonds is 22. The number of thiazole rings is 1. The molecular formula is C37H42N10O6S3. The zero-order chi connectivity index (χ0) is 39.7. The molecule has 0 saturated carbocycles. The highest BCUT2D eigenvalue weighted by Crippen LogP contribution is 2.25. The second kappa shape index (κ2) is 21.5. The smallest absolute Gasteiger partial charge is 0.326 e. The number of carboxylic acids is 1. The molecule has 3 heterocycles. The minimum absolute atomic E-state index is 0.0242. The Morgan fingerprint density at radius 3 is 2.45 bits per heavy atom. The van der Waals surface area contributed by atoms with Gasteiger partial charge < -0.3 is 32.1 Å². The number of amides is 3. The Morgan fingerprint density at radius 2 is 1.66 bits per heavy atom. The lowest BCUT2D eigenvalue weighted by atomic mass is 10.1. The first-order valence-electron chi connectivity index (χ1n) is 17.9. The lowest BCUT2D eigenvalue weighted by molar-refractivity contribution is -0.139. The maximum Gasteiger partial charge on any atom is 0.326 e. The number of benzene rings is 2. The number of nitrogen functional groups attached to an aromatic ring is 1. The summed E-state index contributed by atoms with van der Waals surface area (Å²) in [5.41, 5.74) is 8.48. The van der Waals surface area contributed by atoms with Gasteiger partial charge in [-0.2, -0.15) is 4.98 Å². The van der Waals surface area contributed by atoms with E-state index in [1.54, 1.807) is 33.7 Å². The molecule has 8 N–H and O–H groups in total. The number of unbranched alkanes of at least 4 members (excludes halogenated alkanes) is 3. The lowest BCUT2D eigenvalue weighted by Crippen LogP contribution is -2.41. The topological polar surface area (TPSA) is 247 Å². The van der Waals surface area contributed by atoms with Crippen LogP contribution in [0, 0.1) is 0 Å². The van der Waals surface area contributed by atoms with E-state index in [0.29, 0.717) is 35.2 Å². The number of hydrogen-bond acceptors (Lipinski definition) is 14. The van der Waals surface area contributed by atoms with Gasteiger partial charge in [0.25, 0.3) is 11.5 Å². The summed E-state index contributed by atoms with van der Waals surface area (Å²) in [4.78, 5) is 80.6. The number of carbonyl (C=O) groups is 4. The highest BCUT2D eigenvalue weighted by molar-refractivity contribution is 8.76. The van der Waals surface area contributed by atoms with Gasteiger partial charge in [-0.05, 0) is 43.5 Å². The van der Waals surface area contributed by atoms with Crippen LogP contribution in [0.1, 0.15) is 61.0 Å². The fourth-order valence-corrected chi connectivity index (χ4v) is 8.05. The molecule has 0 bridgehead atoms. The number of fused-ring (bicyclic) bond motifs is 1. The predicted molar refractivity (Wildman–Crippen MR) is 221 cm³/mol. The number of aliphatic carboxylic acids is 1. The van der Waals surface area contributed by atoms with Gasteiger partial charge in [0.1, 0.15) is 6.04 Å². The number of carbonyl (C=O) groups excluding carboxylic acids is 3. The maximum absolute atomic E-state index is 12.8. The molecule has 1 atom stereocenters. The summed E-state index contributed by atoms with van der Waals surface area (Å²) in [5, 5.41) is 23.5. The van der Waals surface area contributed by atoms with E-state index >= 15 is 0 Å². The van der Waals surface area contributed by atoms with Crippen molar-refractivity contribution in [3.63, 3.8) is 0 Å². The summed E-state index contributed by atoms with van der Waals surface area (Å²) in [6, 6.07) is 15.0. The SMILES string of the molecule is Nc1nc2ncc(CNc3ccc(C(=O)N[C@@H](CCC(=O)NCCSSCCCCCCC(=O)Nc4nc(-c5ccccc5)cs4)C(=O)O)cc3)nc2c(=O)[nH]1. The summed E-state index contributed by atoms with van der Waals surface area (Å²) >= 11 is 1.42. The van der Waals surface area contributed by atoms with Gasteiger partial charge in [0.05, 0.1) is 24.1 Å². The van der Waals surface area contributed by atoms with Crippen molar-refractivity contribution in [2.75, 3.05) is 34.4 Å². The van der Waals surface area contributed by atoms with E-state index in [1.807, 2.05) is 35.7 Å². The Morgan fingerprint density at radius 1 is 0.893 bits per heavy atom. The molecule has 0 fully saturated rings. The molecule has 0 aliphatic heterocycles. The molecule has 16 nitrogen and oxygen atoms in total. The van der Waals surface area contributed by atoms with E-state index in [4.69, 9.17) is 5.73 Å². The fraction of sp³-hybridized carbons (Fsp3) is 0.324. The van der Waals surface area contributed by atoms with Gasteiger partial charge in [-0.25, -0.2) is 19.7 Å². The number of aromatic amines is 1. The van der Waals surface area contributed by atoms with Crippen LogP contribution in [0.25, 0.3) is 22.4 Å². The molecule has 5 rings (SSSR count). The molecule has 0 aliphatic carbocycles. The molecule has 0 unspecified atom stereocenters. The number of H-pyrrole nitrogens is 1.